The van der Waals surface area contributed by atoms with Crippen LogP contribution in [0.15, 0.2) is 89.8 Å². The third-order valence-corrected chi connectivity index (χ3v) is 11.6. The molecule has 1 unspecified atom stereocenters. The second kappa shape index (κ2) is 18.2. The summed E-state index contributed by atoms with van der Waals surface area (Å²) in [5, 5.41) is 6.13. The molecule has 2 amide bonds. The Morgan fingerprint density at radius 2 is 1.41 bits per heavy atom. The van der Waals surface area contributed by atoms with Gasteiger partial charge in [-0.15, -0.1) is 0 Å². The minimum atomic E-state index is -4.08. The summed E-state index contributed by atoms with van der Waals surface area (Å²) in [6, 6.07) is 23.0. The number of alkyl carbamates (subject to hydrolysis) is 1. The van der Waals surface area contributed by atoms with Crippen molar-refractivity contribution in [3.05, 3.63) is 96.1 Å². The summed E-state index contributed by atoms with van der Waals surface area (Å²) in [5.74, 6) is -1.32. The molecule has 276 valence electrons. The molecule has 3 aromatic rings. The van der Waals surface area contributed by atoms with Crippen molar-refractivity contribution in [2.24, 2.45) is 5.92 Å². The highest BCUT2D eigenvalue weighted by molar-refractivity contribution is 7.89. The molecule has 4 N–H and O–H groups in total. The number of carbonyl (C=O) groups is 3. The molecule has 3 aromatic carbocycles. The summed E-state index contributed by atoms with van der Waals surface area (Å²) in [6.45, 7) is 4.12. The van der Waals surface area contributed by atoms with Crippen LogP contribution in [0.2, 0.25) is 0 Å². The Morgan fingerprint density at radius 3 is 1.92 bits per heavy atom. The Balaban J connectivity index is 1.61. The number of rotatable bonds is 17. The molecule has 0 aromatic heterocycles. The van der Waals surface area contributed by atoms with Gasteiger partial charge in [-0.25, -0.2) is 13.2 Å². The van der Waals surface area contributed by atoms with E-state index in [0.29, 0.717) is 37.8 Å². The van der Waals surface area contributed by atoms with Crippen molar-refractivity contribution < 1.29 is 32.3 Å². The first-order chi connectivity index (χ1) is 24.4. The molecule has 1 fully saturated rings. The van der Waals surface area contributed by atoms with Gasteiger partial charge in [0.2, 0.25) is 15.9 Å². The van der Waals surface area contributed by atoms with E-state index in [1.54, 1.807) is 0 Å². The molecule has 0 spiro atoms. The van der Waals surface area contributed by atoms with Gasteiger partial charge in [-0.3, -0.25) is 9.59 Å². The number of hydrogen-bond donors (Lipinski definition) is 3. The number of carbonyl (C=O) groups excluding carboxylic acids is 3. The number of nitrogens with zero attached hydrogens (tertiary/aromatic N) is 1. The Labute approximate surface area is 302 Å². The molecule has 51 heavy (non-hydrogen) atoms. The molecule has 0 saturated heterocycles. The van der Waals surface area contributed by atoms with E-state index in [2.05, 4.69) is 10.6 Å². The lowest BCUT2D eigenvalue weighted by atomic mass is 9.83. The number of benzene rings is 3. The monoisotopic (exact) mass is 720 g/mol. The largest absolute Gasteiger partial charge is 0.468 e. The normalized spacial score (nSPS) is 15.4. The molecular formula is C39H52N4O7S. The number of hydrogen-bond acceptors (Lipinski definition) is 8. The topological polar surface area (TPSA) is 157 Å². The fraction of sp³-hybridized carbons (Fsp3) is 0.462. The van der Waals surface area contributed by atoms with Gasteiger partial charge in [-0.1, -0.05) is 87.4 Å². The van der Waals surface area contributed by atoms with Crippen LogP contribution in [0.5, 0.6) is 0 Å². The van der Waals surface area contributed by atoms with Crippen LogP contribution < -0.4 is 16.4 Å². The Bertz CT molecular complexity index is 1640. The first kappa shape index (κ1) is 39.4. The van der Waals surface area contributed by atoms with Gasteiger partial charge in [0.05, 0.1) is 19.1 Å². The number of nitrogen functional groups attached to an aromatic ring is 1. The second-order valence-corrected chi connectivity index (χ2v) is 15.6. The van der Waals surface area contributed by atoms with Gasteiger partial charge in [0.25, 0.3) is 0 Å². The Kier molecular flexibility index (Phi) is 14.0. The summed E-state index contributed by atoms with van der Waals surface area (Å²) in [5.41, 5.74) is 7.35. The average molecular weight is 721 g/mol. The van der Waals surface area contributed by atoms with Crippen molar-refractivity contribution in [3.8, 4) is 0 Å². The summed E-state index contributed by atoms with van der Waals surface area (Å²) in [4.78, 5) is 40.5. The van der Waals surface area contributed by atoms with E-state index in [1.165, 1.54) is 42.8 Å². The fourth-order valence-electron chi connectivity index (χ4n) is 6.97. The lowest BCUT2D eigenvalue weighted by Gasteiger charge is -2.36. The van der Waals surface area contributed by atoms with E-state index < -0.39 is 45.6 Å². The third kappa shape index (κ3) is 10.3. The predicted octanol–water partition coefficient (Wildman–Crippen LogP) is 6.00. The average Bonchev–Trinajstić information content (AvgIpc) is 3.59. The number of sulfonamides is 1. The van der Waals surface area contributed by atoms with Crippen LogP contribution >= 0.6 is 0 Å². The molecule has 0 heterocycles. The highest BCUT2D eigenvalue weighted by Crippen LogP contribution is 2.36. The van der Waals surface area contributed by atoms with Crippen LogP contribution in [0.4, 0.5) is 10.5 Å². The zero-order valence-electron chi connectivity index (χ0n) is 30.0. The number of esters is 1. The molecule has 4 rings (SSSR count). The maximum Gasteiger partial charge on any atom is 0.407 e. The maximum absolute atomic E-state index is 14.4. The van der Waals surface area contributed by atoms with Crippen LogP contribution in [-0.2, 0) is 29.1 Å². The zero-order chi connectivity index (χ0) is 37.0. The summed E-state index contributed by atoms with van der Waals surface area (Å²) in [6.07, 6.45) is 4.13. The molecule has 1 aliphatic carbocycles. The van der Waals surface area contributed by atoms with Gasteiger partial charge < -0.3 is 25.8 Å². The molecule has 1 aliphatic rings. The van der Waals surface area contributed by atoms with E-state index in [1.807, 2.05) is 74.5 Å². The summed E-state index contributed by atoms with van der Waals surface area (Å²) in [7, 11) is -1.56. The molecule has 12 heteroatoms. The SMILES string of the molecule is COC(=O)N[C@H](C(=O)NC1(CCCC(C(=O)OC)N(CCC(C)C)S(=O)(=O)c2ccc(N)cc2)CCCC1)C(c1ccccc1)c1ccccc1. The van der Waals surface area contributed by atoms with Gasteiger partial charge >= 0.3 is 12.1 Å². The predicted molar refractivity (Wildman–Crippen MR) is 197 cm³/mol. The van der Waals surface area contributed by atoms with E-state index >= 15 is 0 Å². The zero-order valence-corrected chi connectivity index (χ0v) is 30.9. The smallest absolute Gasteiger partial charge is 0.407 e. The van der Waals surface area contributed by atoms with Crippen molar-refractivity contribution in [1.29, 1.82) is 0 Å². The Hall–Kier alpha value is -4.42. The van der Waals surface area contributed by atoms with Gasteiger partial charge in [0.15, 0.2) is 0 Å². The number of nitrogens with two attached hydrogens (primary N) is 1. The number of methoxy groups -OCH3 is 2. The quantitative estimate of drug-likeness (QED) is 0.113. The van der Waals surface area contributed by atoms with Gasteiger partial charge in [-0.05, 0) is 79.8 Å². The molecule has 0 bridgehead atoms. The van der Waals surface area contributed by atoms with E-state index in [0.717, 1.165) is 24.0 Å². The fourth-order valence-corrected chi connectivity index (χ4v) is 8.59. The van der Waals surface area contributed by atoms with Crippen molar-refractivity contribution in [3.63, 3.8) is 0 Å². The minimum Gasteiger partial charge on any atom is -0.468 e. The molecule has 0 radical (unpaired) electrons. The molecule has 11 nitrogen and oxygen atoms in total. The van der Waals surface area contributed by atoms with Crippen LogP contribution in [0.3, 0.4) is 0 Å². The van der Waals surface area contributed by atoms with Crippen LogP contribution in [0, 0.1) is 5.92 Å². The van der Waals surface area contributed by atoms with Crippen LogP contribution in [0.1, 0.15) is 82.3 Å². The molecule has 2 atom stereocenters. The second-order valence-electron chi connectivity index (χ2n) is 13.7. The summed E-state index contributed by atoms with van der Waals surface area (Å²) >= 11 is 0. The first-order valence-electron chi connectivity index (χ1n) is 17.6. The highest BCUT2D eigenvalue weighted by atomic mass is 32.2. The van der Waals surface area contributed by atoms with Crippen LogP contribution in [-0.4, -0.2) is 69.1 Å². The van der Waals surface area contributed by atoms with Crippen LogP contribution in [0.25, 0.3) is 0 Å². The maximum atomic E-state index is 14.4. The number of ether oxygens (including phenoxy) is 2. The lowest BCUT2D eigenvalue weighted by Crippen LogP contribution is -2.56. The van der Waals surface area contributed by atoms with E-state index in [-0.39, 0.29) is 29.7 Å². The standard InChI is InChI=1S/C39H52N4O7S/c1-28(2)23-27-43(51(47,48)32-21-19-31(40)20-22-32)33(37(45)49-3)18-13-26-39(24-11-12-25-39)42-36(44)35(41-38(46)50-4)34(29-14-7-5-8-15-29)30-16-9-6-10-17-30/h5-10,14-17,19-22,28,33-35H,11-13,18,23-27,40H2,1-4H3,(H,41,46)(H,42,44)/t33?,35-/m0/s1. The third-order valence-electron chi connectivity index (χ3n) is 9.71. The minimum absolute atomic E-state index is 0.0458. The van der Waals surface area contributed by atoms with E-state index in [9.17, 15) is 22.8 Å². The molecule has 1 saturated carbocycles. The van der Waals surface area contributed by atoms with Gasteiger partial charge in [-0.2, -0.15) is 4.31 Å². The Morgan fingerprint density at radius 1 is 0.843 bits per heavy atom. The lowest BCUT2D eigenvalue weighted by molar-refractivity contribution is -0.145. The van der Waals surface area contributed by atoms with Crippen molar-refractivity contribution >= 4 is 33.7 Å². The number of amides is 2. The first-order valence-corrected chi connectivity index (χ1v) is 19.1. The van der Waals surface area contributed by atoms with Crippen molar-refractivity contribution in [2.75, 3.05) is 26.5 Å². The highest BCUT2D eigenvalue weighted by Gasteiger charge is 2.41. The number of nitrogens with one attached hydrogen (secondary N) is 2. The van der Waals surface area contributed by atoms with E-state index in [4.69, 9.17) is 15.2 Å². The summed E-state index contributed by atoms with van der Waals surface area (Å²) < 4.78 is 39.4. The van der Waals surface area contributed by atoms with Crippen molar-refractivity contribution in [2.45, 2.75) is 93.7 Å². The number of anilines is 1. The van der Waals surface area contributed by atoms with Crippen molar-refractivity contribution in [1.82, 2.24) is 14.9 Å². The van der Waals surface area contributed by atoms with Gasteiger partial charge in [0.1, 0.15) is 12.1 Å². The van der Waals surface area contributed by atoms with Gasteiger partial charge in [0, 0.05) is 23.7 Å². The molecular weight excluding hydrogens is 669 g/mol. The molecule has 0 aliphatic heterocycles.